The summed E-state index contributed by atoms with van der Waals surface area (Å²) in [6.07, 6.45) is 0.854. The molecule has 0 bridgehead atoms. The number of aldehydes is 1. The van der Waals surface area contributed by atoms with Gasteiger partial charge in [0.1, 0.15) is 11.3 Å². The van der Waals surface area contributed by atoms with E-state index in [1.54, 1.807) is 6.07 Å². The van der Waals surface area contributed by atoms with Crippen LogP contribution in [0.3, 0.4) is 0 Å². The molecule has 2 rings (SSSR count). The number of carbonyl (C=O) groups excluding carboxylic acids is 1. The van der Waals surface area contributed by atoms with Gasteiger partial charge in [-0.25, -0.2) is 4.98 Å². The van der Waals surface area contributed by atoms with Crippen molar-refractivity contribution < 1.29 is 9.53 Å². The fraction of sp³-hybridized carbons (Fsp3) is 0.231. The number of pyridine rings is 1. The Morgan fingerprint density at radius 3 is 2.94 bits per heavy atom. The third kappa shape index (κ3) is 1.76. The number of rotatable bonds is 3. The van der Waals surface area contributed by atoms with E-state index in [2.05, 4.69) is 4.98 Å². The van der Waals surface area contributed by atoms with Gasteiger partial charge in [-0.3, -0.25) is 4.79 Å². The van der Waals surface area contributed by atoms with Gasteiger partial charge in [0.25, 0.3) is 0 Å². The van der Waals surface area contributed by atoms with Gasteiger partial charge >= 0.3 is 0 Å². The van der Waals surface area contributed by atoms with Crippen molar-refractivity contribution in [2.75, 3.05) is 6.61 Å². The highest BCUT2D eigenvalue weighted by Crippen LogP contribution is 2.26. The molecule has 82 valence electrons. The molecule has 0 aliphatic rings. The van der Waals surface area contributed by atoms with Crippen molar-refractivity contribution in [1.82, 2.24) is 4.98 Å². The number of para-hydroxylation sites is 1. The van der Waals surface area contributed by atoms with E-state index in [0.717, 1.165) is 28.6 Å². The molecule has 0 saturated heterocycles. The van der Waals surface area contributed by atoms with Gasteiger partial charge in [-0.2, -0.15) is 0 Å². The first kappa shape index (κ1) is 10.6. The summed E-state index contributed by atoms with van der Waals surface area (Å²) in [5.41, 5.74) is 2.23. The summed E-state index contributed by atoms with van der Waals surface area (Å²) < 4.78 is 5.50. The van der Waals surface area contributed by atoms with Crippen molar-refractivity contribution in [2.24, 2.45) is 0 Å². The minimum absolute atomic E-state index is 0.588. The molecule has 0 radical (unpaired) electrons. The molecule has 3 heteroatoms. The van der Waals surface area contributed by atoms with Crippen LogP contribution in [0, 0.1) is 6.92 Å². The number of benzene rings is 1. The van der Waals surface area contributed by atoms with E-state index in [9.17, 15) is 4.79 Å². The maximum absolute atomic E-state index is 11.0. The molecule has 2 aromatic rings. The first-order valence-electron chi connectivity index (χ1n) is 5.24. The molecule has 3 nitrogen and oxygen atoms in total. The minimum atomic E-state index is 0.588. The summed E-state index contributed by atoms with van der Waals surface area (Å²) in [5, 5.41) is 0.839. The van der Waals surface area contributed by atoms with E-state index < -0.39 is 0 Å². The van der Waals surface area contributed by atoms with Gasteiger partial charge < -0.3 is 4.74 Å². The van der Waals surface area contributed by atoms with E-state index in [1.807, 2.05) is 32.0 Å². The second-order valence-electron chi connectivity index (χ2n) is 3.56. The summed E-state index contributed by atoms with van der Waals surface area (Å²) in [6.45, 7) is 4.38. The summed E-state index contributed by atoms with van der Waals surface area (Å²) in [5.74, 6) is 0.729. The highest BCUT2D eigenvalue weighted by atomic mass is 16.5. The Bertz CT molecular complexity index is 535. The Balaban J connectivity index is 2.76. The predicted octanol–water partition coefficient (Wildman–Crippen LogP) is 2.75. The maximum Gasteiger partial charge on any atom is 0.150 e. The monoisotopic (exact) mass is 215 g/mol. The number of carbonyl (C=O) groups is 1. The fourth-order valence-corrected chi connectivity index (χ4v) is 1.75. The topological polar surface area (TPSA) is 39.2 Å². The largest absolute Gasteiger partial charge is 0.492 e. The highest BCUT2D eigenvalue weighted by Gasteiger charge is 2.07. The van der Waals surface area contributed by atoms with Crippen LogP contribution in [0.1, 0.15) is 23.0 Å². The van der Waals surface area contributed by atoms with Gasteiger partial charge in [-0.15, -0.1) is 0 Å². The predicted molar refractivity (Wildman–Crippen MR) is 63.0 cm³/mol. The van der Waals surface area contributed by atoms with Crippen LogP contribution in [-0.2, 0) is 0 Å². The maximum atomic E-state index is 11.0. The van der Waals surface area contributed by atoms with Crippen LogP contribution in [0.2, 0.25) is 0 Å². The molecule has 16 heavy (non-hydrogen) atoms. The zero-order valence-electron chi connectivity index (χ0n) is 9.36. The van der Waals surface area contributed by atoms with E-state index in [4.69, 9.17) is 4.74 Å². The van der Waals surface area contributed by atoms with E-state index in [-0.39, 0.29) is 0 Å². The molecule has 0 fully saturated rings. The smallest absolute Gasteiger partial charge is 0.150 e. The molecule has 0 amide bonds. The van der Waals surface area contributed by atoms with Crippen LogP contribution in [0.15, 0.2) is 24.3 Å². The molecule has 0 saturated carbocycles. The van der Waals surface area contributed by atoms with Crippen LogP contribution in [0.25, 0.3) is 10.9 Å². The summed E-state index contributed by atoms with van der Waals surface area (Å²) in [7, 11) is 0. The summed E-state index contributed by atoms with van der Waals surface area (Å²) in [4.78, 5) is 15.4. The molecule has 0 spiro atoms. The van der Waals surface area contributed by atoms with Gasteiger partial charge in [0.05, 0.1) is 6.61 Å². The molecule has 1 heterocycles. The van der Waals surface area contributed by atoms with Crippen LogP contribution in [0.5, 0.6) is 5.75 Å². The Morgan fingerprint density at radius 1 is 1.44 bits per heavy atom. The summed E-state index contributed by atoms with van der Waals surface area (Å²) in [6, 6.07) is 7.41. The van der Waals surface area contributed by atoms with E-state index >= 15 is 0 Å². The highest BCUT2D eigenvalue weighted by molar-refractivity contribution is 5.98. The van der Waals surface area contributed by atoms with Crippen LogP contribution >= 0.6 is 0 Å². The van der Waals surface area contributed by atoms with Crippen molar-refractivity contribution >= 4 is 17.2 Å². The van der Waals surface area contributed by atoms with Crippen molar-refractivity contribution in [1.29, 1.82) is 0 Å². The zero-order chi connectivity index (χ0) is 11.5. The number of aryl methyl sites for hydroxylation is 1. The quantitative estimate of drug-likeness (QED) is 0.739. The minimum Gasteiger partial charge on any atom is -0.492 e. The molecule has 1 aromatic carbocycles. The van der Waals surface area contributed by atoms with Gasteiger partial charge in [-0.1, -0.05) is 12.1 Å². The SMILES string of the molecule is CCOc1cccc2c(C=O)cc(C)nc12. The Labute approximate surface area is 94.1 Å². The third-order valence-corrected chi connectivity index (χ3v) is 2.39. The number of fused-ring (bicyclic) bond motifs is 1. The number of nitrogens with zero attached hydrogens (tertiary/aromatic N) is 1. The van der Waals surface area contributed by atoms with Crippen molar-refractivity contribution in [3.63, 3.8) is 0 Å². The van der Waals surface area contributed by atoms with Crippen molar-refractivity contribution in [3.8, 4) is 5.75 Å². The summed E-state index contributed by atoms with van der Waals surface area (Å²) >= 11 is 0. The lowest BCUT2D eigenvalue weighted by atomic mass is 10.1. The molecule has 0 unspecified atom stereocenters. The lowest BCUT2D eigenvalue weighted by molar-refractivity contribution is 0.112. The van der Waals surface area contributed by atoms with Crippen LogP contribution < -0.4 is 4.74 Å². The zero-order valence-corrected chi connectivity index (χ0v) is 9.36. The molecular formula is C13H13NO2. The van der Waals surface area contributed by atoms with Crippen molar-refractivity contribution in [2.45, 2.75) is 13.8 Å². The average molecular weight is 215 g/mol. The first-order chi connectivity index (χ1) is 7.76. The molecular weight excluding hydrogens is 202 g/mol. The second-order valence-corrected chi connectivity index (χ2v) is 3.56. The second kappa shape index (κ2) is 4.31. The fourth-order valence-electron chi connectivity index (χ4n) is 1.75. The number of ether oxygens (including phenoxy) is 1. The Kier molecular flexibility index (Phi) is 2.86. The molecule has 0 atom stereocenters. The van der Waals surface area contributed by atoms with Gasteiger partial charge in [-0.05, 0) is 26.0 Å². The van der Waals surface area contributed by atoms with Crippen molar-refractivity contribution in [3.05, 3.63) is 35.5 Å². The van der Waals surface area contributed by atoms with Gasteiger partial charge in [0.2, 0.25) is 0 Å². The number of hydrogen-bond donors (Lipinski definition) is 0. The van der Waals surface area contributed by atoms with Gasteiger partial charge in [0, 0.05) is 16.6 Å². The molecule has 0 N–H and O–H groups in total. The molecule has 0 aliphatic heterocycles. The Morgan fingerprint density at radius 2 is 2.25 bits per heavy atom. The average Bonchev–Trinajstić information content (AvgIpc) is 2.29. The lowest BCUT2D eigenvalue weighted by Gasteiger charge is -2.08. The number of hydrogen-bond acceptors (Lipinski definition) is 3. The van der Waals surface area contributed by atoms with E-state index in [0.29, 0.717) is 12.2 Å². The first-order valence-corrected chi connectivity index (χ1v) is 5.24. The standard InChI is InChI=1S/C13H13NO2/c1-3-16-12-6-4-5-11-10(8-15)7-9(2)14-13(11)12/h4-8H,3H2,1-2H3. The molecule has 1 aromatic heterocycles. The number of aromatic nitrogens is 1. The van der Waals surface area contributed by atoms with E-state index in [1.165, 1.54) is 0 Å². The molecule has 0 aliphatic carbocycles. The normalized spacial score (nSPS) is 10.4. The van der Waals surface area contributed by atoms with Crippen LogP contribution in [-0.4, -0.2) is 17.9 Å². The van der Waals surface area contributed by atoms with Gasteiger partial charge in [0.15, 0.2) is 6.29 Å². The van der Waals surface area contributed by atoms with Crippen LogP contribution in [0.4, 0.5) is 0 Å². The Hall–Kier alpha value is -1.90. The third-order valence-electron chi connectivity index (χ3n) is 2.39. The lowest BCUT2D eigenvalue weighted by Crippen LogP contribution is -1.96.